The van der Waals surface area contributed by atoms with E-state index in [9.17, 15) is 0 Å². The van der Waals surface area contributed by atoms with Crippen LogP contribution in [-0.2, 0) is 19.4 Å². The minimum atomic E-state index is 0.430. The highest BCUT2D eigenvalue weighted by Gasteiger charge is 2.19. The first-order chi connectivity index (χ1) is 9.65. The lowest BCUT2D eigenvalue weighted by molar-refractivity contribution is 0.874. The second-order valence-corrected chi connectivity index (χ2v) is 6.39. The lowest BCUT2D eigenvalue weighted by Gasteiger charge is -2.21. The van der Waals surface area contributed by atoms with Gasteiger partial charge < -0.3 is 10.6 Å². The van der Waals surface area contributed by atoms with Gasteiger partial charge in [0.25, 0.3) is 0 Å². The molecule has 20 heavy (non-hydrogen) atoms. The van der Waals surface area contributed by atoms with Crippen LogP contribution in [0.15, 0.2) is 22.9 Å². The molecule has 0 aliphatic heterocycles. The molecule has 1 aliphatic rings. The minimum absolute atomic E-state index is 0.430. The van der Waals surface area contributed by atoms with E-state index in [1.54, 1.807) is 11.3 Å². The molecule has 3 nitrogen and oxygen atoms in total. The SMILES string of the molecule is CN(Cc1ccsc1)c1nc2c(cc1C(N)=S)CCC2. The molecule has 2 N–H and O–H groups in total. The number of fused-ring (bicyclic) bond motifs is 1. The summed E-state index contributed by atoms with van der Waals surface area (Å²) in [6.07, 6.45) is 3.33. The average Bonchev–Trinajstić information content (AvgIpc) is 3.06. The Morgan fingerprint density at radius 1 is 1.50 bits per heavy atom. The highest BCUT2D eigenvalue weighted by atomic mass is 32.1. The fourth-order valence-electron chi connectivity index (χ4n) is 2.66. The van der Waals surface area contributed by atoms with Crippen LogP contribution in [0, 0.1) is 0 Å². The fraction of sp³-hybridized carbons (Fsp3) is 0.333. The van der Waals surface area contributed by atoms with Gasteiger partial charge in [0, 0.05) is 19.3 Å². The summed E-state index contributed by atoms with van der Waals surface area (Å²) in [7, 11) is 2.04. The zero-order valence-electron chi connectivity index (χ0n) is 11.4. The summed E-state index contributed by atoms with van der Waals surface area (Å²) < 4.78 is 0. The van der Waals surface area contributed by atoms with E-state index in [0.29, 0.717) is 4.99 Å². The standard InChI is InChI=1S/C15H17N3S2/c1-18(8-10-5-6-20-9-10)15-12(14(16)19)7-11-3-2-4-13(11)17-15/h5-7,9H,2-4,8H2,1H3,(H2,16,19). The van der Waals surface area contributed by atoms with Gasteiger partial charge in [0.2, 0.25) is 0 Å². The van der Waals surface area contributed by atoms with E-state index < -0.39 is 0 Å². The zero-order valence-corrected chi connectivity index (χ0v) is 13.1. The van der Waals surface area contributed by atoms with E-state index in [1.807, 2.05) is 7.05 Å². The summed E-state index contributed by atoms with van der Waals surface area (Å²) in [4.78, 5) is 7.38. The van der Waals surface area contributed by atoms with Crippen molar-refractivity contribution in [3.8, 4) is 0 Å². The first-order valence-corrected chi connectivity index (χ1v) is 8.05. The smallest absolute Gasteiger partial charge is 0.139 e. The van der Waals surface area contributed by atoms with E-state index in [4.69, 9.17) is 22.9 Å². The monoisotopic (exact) mass is 303 g/mol. The minimum Gasteiger partial charge on any atom is -0.389 e. The molecule has 5 heteroatoms. The van der Waals surface area contributed by atoms with Gasteiger partial charge in [-0.2, -0.15) is 11.3 Å². The number of aromatic nitrogens is 1. The topological polar surface area (TPSA) is 42.2 Å². The Bertz CT molecular complexity index is 635. The number of rotatable bonds is 4. The fourth-order valence-corrected chi connectivity index (χ4v) is 3.47. The largest absolute Gasteiger partial charge is 0.389 e. The summed E-state index contributed by atoms with van der Waals surface area (Å²) in [5.41, 5.74) is 10.6. The molecule has 3 rings (SSSR count). The summed E-state index contributed by atoms with van der Waals surface area (Å²) in [5.74, 6) is 0.907. The van der Waals surface area contributed by atoms with Crippen LogP contribution in [0.5, 0.6) is 0 Å². The summed E-state index contributed by atoms with van der Waals surface area (Å²) >= 11 is 6.91. The predicted molar refractivity (Wildman–Crippen MR) is 88.6 cm³/mol. The van der Waals surface area contributed by atoms with Gasteiger partial charge in [-0.15, -0.1) is 0 Å². The van der Waals surface area contributed by atoms with Gasteiger partial charge in [-0.3, -0.25) is 0 Å². The lowest BCUT2D eigenvalue weighted by atomic mass is 10.1. The molecule has 0 saturated carbocycles. The molecule has 2 heterocycles. The number of thiocarbonyl (C=S) groups is 1. The van der Waals surface area contributed by atoms with Gasteiger partial charge in [-0.05, 0) is 53.3 Å². The second-order valence-electron chi connectivity index (χ2n) is 5.17. The van der Waals surface area contributed by atoms with Crippen molar-refractivity contribution in [2.45, 2.75) is 25.8 Å². The van der Waals surface area contributed by atoms with Gasteiger partial charge in [0.15, 0.2) is 0 Å². The second kappa shape index (κ2) is 5.50. The Balaban J connectivity index is 1.96. The van der Waals surface area contributed by atoms with Crippen LogP contribution in [0.3, 0.4) is 0 Å². The number of hydrogen-bond donors (Lipinski definition) is 1. The van der Waals surface area contributed by atoms with Crippen molar-refractivity contribution in [3.05, 3.63) is 45.3 Å². The number of aryl methyl sites for hydroxylation is 2. The van der Waals surface area contributed by atoms with Crippen molar-refractivity contribution < 1.29 is 0 Å². The van der Waals surface area contributed by atoms with E-state index >= 15 is 0 Å². The summed E-state index contributed by atoms with van der Waals surface area (Å²) in [5, 5.41) is 4.25. The third-order valence-corrected chi connectivity index (χ3v) is 4.61. The Labute approximate surface area is 128 Å². The van der Waals surface area contributed by atoms with Gasteiger partial charge in [0.1, 0.15) is 10.8 Å². The predicted octanol–water partition coefficient (Wildman–Crippen LogP) is 2.90. The van der Waals surface area contributed by atoms with E-state index in [-0.39, 0.29) is 0 Å². The molecule has 0 aromatic carbocycles. The van der Waals surface area contributed by atoms with Crippen LogP contribution < -0.4 is 10.6 Å². The molecule has 2 aromatic rings. The van der Waals surface area contributed by atoms with Crippen LogP contribution in [0.4, 0.5) is 5.82 Å². The van der Waals surface area contributed by atoms with Crippen molar-refractivity contribution in [1.82, 2.24) is 4.98 Å². The van der Waals surface area contributed by atoms with Gasteiger partial charge >= 0.3 is 0 Å². The molecule has 0 saturated heterocycles. The molecule has 0 spiro atoms. The van der Waals surface area contributed by atoms with Crippen molar-refractivity contribution in [1.29, 1.82) is 0 Å². The molecule has 1 aliphatic carbocycles. The molecule has 2 aromatic heterocycles. The lowest BCUT2D eigenvalue weighted by Crippen LogP contribution is -2.23. The average molecular weight is 303 g/mol. The number of thiophene rings is 1. The highest BCUT2D eigenvalue weighted by Crippen LogP contribution is 2.27. The maximum absolute atomic E-state index is 5.89. The maximum atomic E-state index is 5.89. The van der Waals surface area contributed by atoms with Gasteiger partial charge in [-0.25, -0.2) is 4.98 Å². The van der Waals surface area contributed by atoms with Crippen LogP contribution >= 0.6 is 23.6 Å². The van der Waals surface area contributed by atoms with Crippen molar-refractivity contribution in [2.24, 2.45) is 5.73 Å². The Morgan fingerprint density at radius 2 is 2.35 bits per heavy atom. The van der Waals surface area contributed by atoms with Crippen LogP contribution in [-0.4, -0.2) is 17.0 Å². The molecule has 0 unspecified atom stereocenters. The number of nitrogens with two attached hydrogens (primary N) is 1. The van der Waals surface area contributed by atoms with Crippen LogP contribution in [0.25, 0.3) is 0 Å². The molecule has 0 atom stereocenters. The molecule has 0 fully saturated rings. The van der Waals surface area contributed by atoms with Crippen LogP contribution in [0.2, 0.25) is 0 Å². The van der Waals surface area contributed by atoms with Crippen molar-refractivity contribution in [2.75, 3.05) is 11.9 Å². The molecule has 0 bridgehead atoms. The quantitative estimate of drug-likeness (QED) is 0.882. The van der Waals surface area contributed by atoms with Crippen molar-refractivity contribution in [3.63, 3.8) is 0 Å². The highest BCUT2D eigenvalue weighted by molar-refractivity contribution is 7.80. The van der Waals surface area contributed by atoms with E-state index in [0.717, 1.165) is 30.8 Å². The Morgan fingerprint density at radius 3 is 3.05 bits per heavy atom. The number of anilines is 1. The van der Waals surface area contributed by atoms with E-state index in [1.165, 1.54) is 23.2 Å². The number of pyridine rings is 1. The van der Waals surface area contributed by atoms with Crippen molar-refractivity contribution >= 4 is 34.4 Å². The number of hydrogen-bond acceptors (Lipinski definition) is 4. The molecule has 0 radical (unpaired) electrons. The molecule has 0 amide bonds. The Kier molecular flexibility index (Phi) is 3.72. The number of nitrogens with zero attached hydrogens (tertiary/aromatic N) is 2. The zero-order chi connectivity index (χ0) is 14.1. The molecular formula is C15H17N3S2. The summed E-state index contributed by atoms with van der Waals surface area (Å²) in [6.45, 7) is 0.824. The third kappa shape index (κ3) is 2.55. The molecular weight excluding hydrogens is 286 g/mol. The first-order valence-electron chi connectivity index (χ1n) is 6.70. The normalized spacial score (nSPS) is 13.2. The van der Waals surface area contributed by atoms with Gasteiger partial charge in [0.05, 0.1) is 5.56 Å². The maximum Gasteiger partial charge on any atom is 0.139 e. The molecule has 104 valence electrons. The third-order valence-electron chi connectivity index (χ3n) is 3.66. The summed E-state index contributed by atoms with van der Waals surface area (Å²) in [6, 6.07) is 4.27. The van der Waals surface area contributed by atoms with Gasteiger partial charge in [-0.1, -0.05) is 12.2 Å². The van der Waals surface area contributed by atoms with E-state index in [2.05, 4.69) is 27.8 Å². The van der Waals surface area contributed by atoms with Crippen LogP contribution in [0.1, 0.15) is 28.8 Å². The Hall–Kier alpha value is -1.46. The first kappa shape index (κ1) is 13.5.